The average molecular weight is 286 g/mol. The molecule has 0 fully saturated rings. The molecule has 0 atom stereocenters. The first kappa shape index (κ1) is 16.8. The number of hydrogen-bond acceptors (Lipinski definition) is 3. The number of rotatable bonds is 9. The SMILES string of the molecule is C/C=C\CC(=N)/C(CCCCC(=O)O)=N\c1ccccc1. The van der Waals surface area contributed by atoms with Gasteiger partial charge < -0.3 is 10.5 Å². The van der Waals surface area contributed by atoms with Crippen LogP contribution < -0.4 is 0 Å². The minimum atomic E-state index is -0.777. The Hall–Kier alpha value is -2.23. The van der Waals surface area contributed by atoms with E-state index in [4.69, 9.17) is 10.5 Å². The van der Waals surface area contributed by atoms with Crippen LogP contribution >= 0.6 is 0 Å². The molecule has 1 rings (SSSR count). The molecule has 0 aromatic heterocycles. The number of hydrogen-bond donors (Lipinski definition) is 2. The number of nitrogens with zero attached hydrogens (tertiary/aromatic N) is 1. The molecular weight excluding hydrogens is 264 g/mol. The van der Waals surface area contributed by atoms with E-state index in [0.717, 1.165) is 17.8 Å². The highest BCUT2D eigenvalue weighted by Crippen LogP contribution is 2.14. The number of benzene rings is 1. The minimum absolute atomic E-state index is 0.167. The van der Waals surface area contributed by atoms with Crippen molar-refractivity contribution in [2.24, 2.45) is 4.99 Å². The molecule has 0 heterocycles. The summed E-state index contributed by atoms with van der Waals surface area (Å²) in [7, 11) is 0. The second kappa shape index (κ2) is 9.64. The van der Waals surface area contributed by atoms with Gasteiger partial charge in [0, 0.05) is 12.8 Å². The molecule has 0 unspecified atom stereocenters. The standard InChI is InChI=1S/C17H22N2O2/c1-2-3-11-15(18)16(12-7-8-13-17(20)21)19-14-9-5-4-6-10-14/h2-6,9-10,18H,7-8,11-13H2,1H3,(H,20,21)/b3-2-,18-15?,19-16-. The Morgan fingerprint density at radius 2 is 1.90 bits per heavy atom. The predicted octanol–water partition coefficient (Wildman–Crippen LogP) is 4.39. The lowest BCUT2D eigenvalue weighted by molar-refractivity contribution is -0.137. The summed E-state index contributed by atoms with van der Waals surface area (Å²) in [5.41, 5.74) is 2.06. The zero-order chi connectivity index (χ0) is 15.5. The summed E-state index contributed by atoms with van der Waals surface area (Å²) >= 11 is 0. The predicted molar refractivity (Wildman–Crippen MR) is 86.8 cm³/mol. The number of allylic oxidation sites excluding steroid dienone is 2. The molecule has 0 aliphatic rings. The smallest absolute Gasteiger partial charge is 0.303 e. The van der Waals surface area contributed by atoms with E-state index >= 15 is 0 Å². The third-order valence-electron chi connectivity index (χ3n) is 2.98. The second-order valence-corrected chi connectivity index (χ2v) is 4.75. The average Bonchev–Trinajstić information content (AvgIpc) is 2.48. The summed E-state index contributed by atoms with van der Waals surface area (Å²) in [4.78, 5) is 15.1. The summed E-state index contributed by atoms with van der Waals surface area (Å²) in [5, 5.41) is 16.8. The summed E-state index contributed by atoms with van der Waals surface area (Å²) in [6, 6.07) is 9.56. The highest BCUT2D eigenvalue weighted by atomic mass is 16.4. The number of carboxylic acid groups (broad SMARTS) is 1. The second-order valence-electron chi connectivity index (χ2n) is 4.75. The van der Waals surface area contributed by atoms with Gasteiger partial charge in [-0.3, -0.25) is 9.79 Å². The van der Waals surface area contributed by atoms with E-state index < -0.39 is 5.97 Å². The monoisotopic (exact) mass is 286 g/mol. The molecule has 2 N–H and O–H groups in total. The fourth-order valence-electron chi connectivity index (χ4n) is 1.85. The van der Waals surface area contributed by atoms with E-state index in [1.807, 2.05) is 49.4 Å². The normalized spacial score (nSPS) is 11.8. The van der Waals surface area contributed by atoms with E-state index in [0.29, 0.717) is 25.0 Å². The number of aliphatic imine (C=N–C) groups is 1. The Morgan fingerprint density at radius 3 is 2.52 bits per heavy atom. The lowest BCUT2D eigenvalue weighted by Crippen LogP contribution is -2.12. The minimum Gasteiger partial charge on any atom is -0.481 e. The molecule has 0 aliphatic heterocycles. The molecule has 0 amide bonds. The molecule has 21 heavy (non-hydrogen) atoms. The molecule has 0 bridgehead atoms. The van der Waals surface area contributed by atoms with Crippen molar-refractivity contribution < 1.29 is 9.90 Å². The number of nitrogens with one attached hydrogen (secondary N) is 1. The molecule has 0 spiro atoms. The van der Waals surface area contributed by atoms with E-state index in [9.17, 15) is 4.79 Å². The van der Waals surface area contributed by atoms with Crippen LogP contribution in [0.1, 0.15) is 39.0 Å². The zero-order valence-corrected chi connectivity index (χ0v) is 12.4. The van der Waals surface area contributed by atoms with Crippen LogP contribution in [0.15, 0.2) is 47.5 Å². The molecule has 4 nitrogen and oxygen atoms in total. The summed E-state index contributed by atoms with van der Waals surface area (Å²) in [6.07, 6.45) is 6.55. The number of carboxylic acids is 1. The van der Waals surface area contributed by atoms with Crippen molar-refractivity contribution >= 4 is 23.1 Å². The summed E-state index contributed by atoms with van der Waals surface area (Å²) < 4.78 is 0. The van der Waals surface area contributed by atoms with Gasteiger partial charge in [0.15, 0.2) is 0 Å². The van der Waals surface area contributed by atoms with Gasteiger partial charge in [0.05, 0.1) is 17.1 Å². The molecule has 1 aromatic carbocycles. The van der Waals surface area contributed by atoms with Crippen LogP contribution in [0.25, 0.3) is 0 Å². The van der Waals surface area contributed by atoms with E-state index in [1.54, 1.807) is 0 Å². The summed E-state index contributed by atoms with van der Waals surface area (Å²) in [5.74, 6) is -0.777. The van der Waals surface area contributed by atoms with Crippen LogP contribution in [0, 0.1) is 5.41 Å². The van der Waals surface area contributed by atoms with Crippen LogP contribution in [-0.4, -0.2) is 22.5 Å². The number of carbonyl (C=O) groups is 1. The maximum absolute atomic E-state index is 10.5. The highest BCUT2D eigenvalue weighted by molar-refractivity contribution is 6.41. The molecule has 0 saturated heterocycles. The highest BCUT2D eigenvalue weighted by Gasteiger charge is 2.07. The number of unbranched alkanes of at least 4 members (excludes halogenated alkanes) is 1. The maximum atomic E-state index is 10.5. The van der Waals surface area contributed by atoms with Crippen LogP contribution in [0.5, 0.6) is 0 Å². The largest absolute Gasteiger partial charge is 0.481 e. The van der Waals surface area contributed by atoms with Crippen molar-refractivity contribution in [3.05, 3.63) is 42.5 Å². The van der Waals surface area contributed by atoms with Gasteiger partial charge in [0.1, 0.15) is 0 Å². The van der Waals surface area contributed by atoms with Crippen molar-refractivity contribution in [2.75, 3.05) is 0 Å². The van der Waals surface area contributed by atoms with Crippen LogP contribution in [-0.2, 0) is 4.79 Å². The molecule has 112 valence electrons. The van der Waals surface area contributed by atoms with Gasteiger partial charge in [-0.1, -0.05) is 30.4 Å². The Bertz CT molecular complexity index is 519. The Morgan fingerprint density at radius 1 is 1.24 bits per heavy atom. The number of para-hydroxylation sites is 1. The van der Waals surface area contributed by atoms with Crippen LogP contribution in [0.4, 0.5) is 5.69 Å². The van der Waals surface area contributed by atoms with Gasteiger partial charge in [0.25, 0.3) is 0 Å². The third-order valence-corrected chi connectivity index (χ3v) is 2.98. The molecule has 4 heteroatoms. The molecule has 0 radical (unpaired) electrons. The van der Waals surface area contributed by atoms with Crippen molar-refractivity contribution in [1.29, 1.82) is 5.41 Å². The lowest BCUT2D eigenvalue weighted by atomic mass is 10.0. The van der Waals surface area contributed by atoms with Gasteiger partial charge in [-0.15, -0.1) is 0 Å². The van der Waals surface area contributed by atoms with Crippen molar-refractivity contribution in [1.82, 2.24) is 0 Å². The summed E-state index contributed by atoms with van der Waals surface area (Å²) in [6.45, 7) is 1.92. The topological polar surface area (TPSA) is 73.5 Å². The van der Waals surface area contributed by atoms with E-state index in [-0.39, 0.29) is 6.42 Å². The molecule has 0 aliphatic carbocycles. The first-order chi connectivity index (χ1) is 10.1. The third kappa shape index (κ3) is 7.20. The Balaban J connectivity index is 2.72. The van der Waals surface area contributed by atoms with Gasteiger partial charge in [0.2, 0.25) is 0 Å². The Labute approximate surface area is 125 Å². The van der Waals surface area contributed by atoms with Gasteiger partial charge in [-0.25, -0.2) is 0 Å². The van der Waals surface area contributed by atoms with E-state index in [2.05, 4.69) is 4.99 Å². The van der Waals surface area contributed by atoms with Crippen LogP contribution in [0.3, 0.4) is 0 Å². The molecule has 1 aromatic rings. The zero-order valence-electron chi connectivity index (χ0n) is 12.4. The first-order valence-corrected chi connectivity index (χ1v) is 7.17. The van der Waals surface area contributed by atoms with Crippen LogP contribution in [0.2, 0.25) is 0 Å². The fraction of sp³-hybridized carbons (Fsp3) is 0.353. The van der Waals surface area contributed by atoms with Crippen molar-refractivity contribution in [2.45, 2.75) is 39.0 Å². The molecular formula is C17H22N2O2. The van der Waals surface area contributed by atoms with Gasteiger partial charge >= 0.3 is 5.97 Å². The van der Waals surface area contributed by atoms with Gasteiger partial charge in [-0.05, 0) is 38.3 Å². The molecule has 0 saturated carbocycles. The quantitative estimate of drug-likeness (QED) is 0.401. The fourth-order valence-corrected chi connectivity index (χ4v) is 1.85. The van der Waals surface area contributed by atoms with Crippen molar-refractivity contribution in [3.63, 3.8) is 0 Å². The van der Waals surface area contributed by atoms with E-state index in [1.165, 1.54) is 0 Å². The first-order valence-electron chi connectivity index (χ1n) is 7.17. The van der Waals surface area contributed by atoms with Gasteiger partial charge in [-0.2, -0.15) is 0 Å². The Kier molecular flexibility index (Phi) is 7.72. The lowest BCUT2D eigenvalue weighted by Gasteiger charge is -2.07. The van der Waals surface area contributed by atoms with Crippen molar-refractivity contribution in [3.8, 4) is 0 Å². The maximum Gasteiger partial charge on any atom is 0.303 e. The number of aliphatic carboxylic acids is 1.